The molecule has 1 heterocycles. The topological polar surface area (TPSA) is 110 Å². The van der Waals surface area contributed by atoms with Gasteiger partial charge < -0.3 is 9.64 Å². The number of amides is 3. The summed E-state index contributed by atoms with van der Waals surface area (Å²) in [7, 11) is 1.53. The molecule has 0 aliphatic carbocycles. The molecule has 0 aromatic heterocycles. The number of nitro benzene ring substituents is 1. The summed E-state index contributed by atoms with van der Waals surface area (Å²) < 4.78 is 5.17. The number of imide groups is 1. The number of nitro groups is 1. The molecule has 4 rings (SSSR count). The first-order chi connectivity index (χ1) is 15.9. The zero-order valence-corrected chi connectivity index (χ0v) is 17.6. The van der Waals surface area contributed by atoms with Crippen LogP contribution in [0.2, 0.25) is 0 Å². The molecule has 166 valence electrons. The van der Waals surface area contributed by atoms with Crippen LogP contribution in [0.1, 0.15) is 26.3 Å². The zero-order valence-electron chi connectivity index (χ0n) is 17.6. The number of rotatable bonds is 7. The number of ether oxygens (including phenoxy) is 1. The van der Waals surface area contributed by atoms with E-state index in [4.69, 9.17) is 4.74 Å². The molecule has 0 bridgehead atoms. The van der Waals surface area contributed by atoms with Crippen molar-refractivity contribution in [1.82, 2.24) is 4.90 Å². The van der Waals surface area contributed by atoms with Crippen LogP contribution in [0.4, 0.5) is 11.4 Å². The smallest absolute Gasteiger partial charge is 0.282 e. The van der Waals surface area contributed by atoms with E-state index in [-0.39, 0.29) is 17.7 Å². The number of anilines is 1. The first kappa shape index (κ1) is 21.7. The Balaban J connectivity index is 1.64. The zero-order chi connectivity index (χ0) is 23.5. The van der Waals surface area contributed by atoms with Crippen molar-refractivity contribution >= 4 is 29.1 Å². The molecule has 0 atom stereocenters. The highest BCUT2D eigenvalue weighted by molar-refractivity contribution is 6.24. The van der Waals surface area contributed by atoms with Crippen LogP contribution < -0.4 is 9.64 Å². The summed E-state index contributed by atoms with van der Waals surface area (Å²) in [5, 5.41) is 11.3. The minimum atomic E-state index is -0.856. The number of benzene rings is 3. The Hall–Kier alpha value is -4.53. The third-order valence-electron chi connectivity index (χ3n) is 5.34. The predicted octanol–water partition coefficient (Wildman–Crippen LogP) is 3.43. The standard InChI is InChI=1S/C24H19N3O6/c1-33-18-12-10-17(11-13-18)25(14-16-6-3-2-4-7-16)21(28)15-26-23(29)19-8-5-9-20(27(31)32)22(19)24(26)30/h2-13H,14-15H2,1H3. The highest BCUT2D eigenvalue weighted by Crippen LogP contribution is 2.31. The van der Waals surface area contributed by atoms with Crippen LogP contribution in [0.5, 0.6) is 5.75 Å². The van der Waals surface area contributed by atoms with Crippen LogP contribution in [0, 0.1) is 10.1 Å². The van der Waals surface area contributed by atoms with Gasteiger partial charge in [0.15, 0.2) is 0 Å². The fraction of sp³-hybridized carbons (Fsp3) is 0.125. The molecule has 0 saturated heterocycles. The first-order valence-electron chi connectivity index (χ1n) is 10.0. The molecule has 9 heteroatoms. The fourth-order valence-corrected chi connectivity index (χ4v) is 3.68. The van der Waals surface area contributed by atoms with Crippen LogP contribution in [-0.2, 0) is 11.3 Å². The Morgan fingerprint density at radius 3 is 2.30 bits per heavy atom. The molecule has 3 aromatic rings. The van der Waals surface area contributed by atoms with Crippen molar-refractivity contribution in [2.24, 2.45) is 0 Å². The van der Waals surface area contributed by atoms with E-state index in [1.54, 1.807) is 24.3 Å². The van der Waals surface area contributed by atoms with Crippen molar-refractivity contribution in [2.45, 2.75) is 6.54 Å². The molecule has 0 saturated carbocycles. The van der Waals surface area contributed by atoms with Gasteiger partial charge in [0, 0.05) is 11.8 Å². The molecule has 1 aliphatic rings. The Kier molecular flexibility index (Phi) is 5.86. The lowest BCUT2D eigenvalue weighted by atomic mass is 10.1. The minimum absolute atomic E-state index is 0.0824. The van der Waals surface area contributed by atoms with E-state index in [9.17, 15) is 24.5 Å². The van der Waals surface area contributed by atoms with E-state index in [0.717, 1.165) is 16.5 Å². The van der Waals surface area contributed by atoms with Crippen molar-refractivity contribution in [3.05, 3.63) is 99.6 Å². The summed E-state index contributed by atoms with van der Waals surface area (Å²) >= 11 is 0. The number of methoxy groups -OCH3 is 1. The third-order valence-corrected chi connectivity index (χ3v) is 5.34. The average Bonchev–Trinajstić information content (AvgIpc) is 3.08. The van der Waals surface area contributed by atoms with Crippen LogP contribution in [0.15, 0.2) is 72.8 Å². The highest BCUT2D eigenvalue weighted by Gasteiger charge is 2.42. The maximum Gasteiger partial charge on any atom is 0.282 e. The Morgan fingerprint density at radius 1 is 0.970 bits per heavy atom. The van der Waals surface area contributed by atoms with Gasteiger partial charge in [-0.1, -0.05) is 36.4 Å². The van der Waals surface area contributed by atoms with E-state index in [1.165, 1.54) is 24.1 Å². The summed E-state index contributed by atoms with van der Waals surface area (Å²) in [6, 6.07) is 19.9. The molecule has 3 aromatic carbocycles. The summed E-state index contributed by atoms with van der Waals surface area (Å²) in [5.74, 6) is -1.49. The SMILES string of the molecule is COc1ccc(N(Cc2ccccc2)C(=O)CN2C(=O)c3cccc([N+](=O)[O-])c3C2=O)cc1. The van der Waals surface area contributed by atoms with Gasteiger partial charge in [-0.3, -0.25) is 29.4 Å². The molecule has 0 fully saturated rings. The number of fused-ring (bicyclic) bond motifs is 1. The molecule has 33 heavy (non-hydrogen) atoms. The minimum Gasteiger partial charge on any atom is -0.497 e. The largest absolute Gasteiger partial charge is 0.497 e. The second-order valence-corrected chi connectivity index (χ2v) is 7.32. The van der Waals surface area contributed by atoms with Crippen LogP contribution in [0.3, 0.4) is 0 Å². The third kappa shape index (κ3) is 4.16. The van der Waals surface area contributed by atoms with Crippen LogP contribution >= 0.6 is 0 Å². The predicted molar refractivity (Wildman–Crippen MR) is 119 cm³/mol. The lowest BCUT2D eigenvalue weighted by molar-refractivity contribution is -0.385. The van der Waals surface area contributed by atoms with Gasteiger partial charge in [0.05, 0.1) is 24.1 Å². The van der Waals surface area contributed by atoms with Crippen LogP contribution in [0.25, 0.3) is 0 Å². The lowest BCUT2D eigenvalue weighted by Crippen LogP contribution is -2.42. The number of carbonyl (C=O) groups excluding carboxylic acids is 3. The van der Waals surface area contributed by atoms with Gasteiger partial charge in [-0.05, 0) is 35.9 Å². The van der Waals surface area contributed by atoms with Gasteiger partial charge in [0.1, 0.15) is 17.9 Å². The highest BCUT2D eigenvalue weighted by atomic mass is 16.6. The molecule has 0 spiro atoms. The Morgan fingerprint density at radius 2 is 1.67 bits per heavy atom. The molecule has 0 radical (unpaired) electrons. The molecule has 3 amide bonds. The maximum absolute atomic E-state index is 13.3. The molecular weight excluding hydrogens is 426 g/mol. The quantitative estimate of drug-likeness (QED) is 0.313. The van der Waals surface area contributed by atoms with Crippen molar-refractivity contribution < 1.29 is 24.0 Å². The number of carbonyl (C=O) groups is 3. The Labute approximate surface area is 189 Å². The van der Waals surface area contributed by atoms with Gasteiger partial charge in [-0.25, -0.2) is 0 Å². The van der Waals surface area contributed by atoms with Crippen molar-refractivity contribution in [2.75, 3.05) is 18.6 Å². The molecule has 0 unspecified atom stereocenters. The molecular formula is C24H19N3O6. The number of hydrogen-bond donors (Lipinski definition) is 0. The van der Waals surface area contributed by atoms with E-state index >= 15 is 0 Å². The van der Waals surface area contributed by atoms with E-state index < -0.39 is 34.9 Å². The number of hydrogen-bond acceptors (Lipinski definition) is 6. The normalized spacial score (nSPS) is 12.5. The number of nitrogens with zero attached hydrogens (tertiary/aromatic N) is 3. The van der Waals surface area contributed by atoms with E-state index in [0.29, 0.717) is 11.4 Å². The van der Waals surface area contributed by atoms with Gasteiger partial charge >= 0.3 is 0 Å². The fourth-order valence-electron chi connectivity index (χ4n) is 3.68. The van der Waals surface area contributed by atoms with E-state index in [2.05, 4.69) is 0 Å². The van der Waals surface area contributed by atoms with Gasteiger partial charge in [0.2, 0.25) is 5.91 Å². The summed E-state index contributed by atoms with van der Waals surface area (Å²) in [4.78, 5) is 51.8. The molecule has 1 aliphatic heterocycles. The monoisotopic (exact) mass is 445 g/mol. The van der Waals surface area contributed by atoms with E-state index in [1.807, 2.05) is 30.3 Å². The average molecular weight is 445 g/mol. The summed E-state index contributed by atoms with van der Waals surface area (Å²) in [5.41, 5.74) is 0.560. The van der Waals surface area contributed by atoms with Gasteiger partial charge in [-0.2, -0.15) is 0 Å². The second kappa shape index (κ2) is 8.91. The summed E-state index contributed by atoms with van der Waals surface area (Å²) in [6.45, 7) is -0.350. The van der Waals surface area contributed by atoms with Crippen molar-refractivity contribution in [3.63, 3.8) is 0 Å². The lowest BCUT2D eigenvalue weighted by Gasteiger charge is -2.25. The van der Waals surface area contributed by atoms with Crippen molar-refractivity contribution in [1.29, 1.82) is 0 Å². The Bertz CT molecular complexity index is 1240. The molecule has 9 nitrogen and oxygen atoms in total. The van der Waals surface area contributed by atoms with Crippen LogP contribution in [-0.4, -0.2) is 41.2 Å². The first-order valence-corrected chi connectivity index (χ1v) is 10.0. The van der Waals surface area contributed by atoms with Gasteiger partial charge in [-0.15, -0.1) is 0 Å². The molecule has 0 N–H and O–H groups in total. The maximum atomic E-state index is 13.3. The van der Waals surface area contributed by atoms with Gasteiger partial charge in [0.25, 0.3) is 17.5 Å². The summed E-state index contributed by atoms with van der Waals surface area (Å²) in [6.07, 6.45) is 0. The van der Waals surface area contributed by atoms with Crippen molar-refractivity contribution in [3.8, 4) is 5.75 Å². The second-order valence-electron chi connectivity index (χ2n) is 7.32.